The summed E-state index contributed by atoms with van der Waals surface area (Å²) in [5.41, 5.74) is 2.95. The molecule has 0 aliphatic carbocycles. The maximum absolute atomic E-state index is 12.0. The van der Waals surface area contributed by atoms with Gasteiger partial charge in [0, 0.05) is 25.1 Å². The summed E-state index contributed by atoms with van der Waals surface area (Å²) in [6.07, 6.45) is 3.60. The van der Waals surface area contributed by atoms with Crippen molar-refractivity contribution in [1.29, 1.82) is 0 Å². The van der Waals surface area contributed by atoms with Crippen molar-refractivity contribution < 1.29 is 9.59 Å². The van der Waals surface area contributed by atoms with Crippen LogP contribution in [0.1, 0.15) is 31.2 Å². The van der Waals surface area contributed by atoms with Gasteiger partial charge in [-0.3, -0.25) is 14.5 Å². The highest BCUT2D eigenvalue weighted by atomic mass is 16.2. The van der Waals surface area contributed by atoms with E-state index in [2.05, 4.69) is 5.32 Å². The average molecular weight is 244 g/mol. The number of imide groups is 1. The van der Waals surface area contributed by atoms with E-state index in [1.165, 1.54) is 4.90 Å². The number of hydrogen-bond donors (Lipinski definition) is 1. The lowest BCUT2D eigenvalue weighted by Gasteiger charge is -2.29. The maximum Gasteiger partial charge on any atom is 0.233 e. The largest absolute Gasteiger partial charge is 0.385 e. The molecule has 3 rings (SSSR count). The minimum absolute atomic E-state index is 0.0646. The molecule has 0 unspecified atom stereocenters. The summed E-state index contributed by atoms with van der Waals surface area (Å²) < 4.78 is 0. The molecule has 0 atom stereocenters. The van der Waals surface area contributed by atoms with Crippen LogP contribution in [0, 0.1) is 0 Å². The molecule has 18 heavy (non-hydrogen) atoms. The fraction of sp³-hybridized carbons (Fsp3) is 0.429. The molecule has 4 nitrogen and oxygen atoms in total. The summed E-state index contributed by atoms with van der Waals surface area (Å²) in [6.45, 7) is 0.957. The fourth-order valence-electron chi connectivity index (χ4n) is 2.72. The van der Waals surface area contributed by atoms with E-state index in [0.29, 0.717) is 19.3 Å². The third-order valence-corrected chi connectivity index (χ3v) is 3.59. The predicted molar refractivity (Wildman–Crippen MR) is 69.6 cm³/mol. The van der Waals surface area contributed by atoms with Gasteiger partial charge >= 0.3 is 0 Å². The Bertz CT molecular complexity index is 495. The highest BCUT2D eigenvalue weighted by molar-refractivity contribution is 6.17. The standard InChI is InChI=1S/C14H16N2O2/c17-13-7-2-8-14(18)16(13)12-6-1-5-11-10(12)4-3-9-15-11/h1,5-6,15H,2-4,7-9H2. The normalized spacial score (nSPS) is 19.4. The van der Waals surface area contributed by atoms with Crippen LogP contribution in [0.25, 0.3) is 0 Å². The molecule has 1 N–H and O–H groups in total. The Labute approximate surface area is 106 Å². The van der Waals surface area contributed by atoms with Crippen LogP contribution in [0.4, 0.5) is 11.4 Å². The van der Waals surface area contributed by atoms with Gasteiger partial charge in [-0.1, -0.05) is 6.07 Å². The van der Waals surface area contributed by atoms with Crippen LogP contribution < -0.4 is 10.2 Å². The lowest BCUT2D eigenvalue weighted by molar-refractivity contribution is -0.129. The number of hydrogen-bond acceptors (Lipinski definition) is 3. The van der Waals surface area contributed by atoms with Gasteiger partial charge in [0.25, 0.3) is 0 Å². The Morgan fingerprint density at radius 2 is 1.78 bits per heavy atom. The number of rotatable bonds is 1. The van der Waals surface area contributed by atoms with Gasteiger partial charge in [0.2, 0.25) is 11.8 Å². The van der Waals surface area contributed by atoms with Crippen LogP contribution in [-0.4, -0.2) is 18.4 Å². The molecule has 2 aliphatic rings. The minimum atomic E-state index is -0.0646. The second-order valence-corrected chi connectivity index (χ2v) is 4.81. The van der Waals surface area contributed by atoms with Gasteiger partial charge in [0.15, 0.2) is 0 Å². The van der Waals surface area contributed by atoms with Crippen molar-refractivity contribution in [3.8, 4) is 0 Å². The van der Waals surface area contributed by atoms with E-state index < -0.39 is 0 Å². The second-order valence-electron chi connectivity index (χ2n) is 4.81. The molecule has 0 radical (unpaired) electrons. The van der Waals surface area contributed by atoms with E-state index in [1.807, 2.05) is 18.2 Å². The van der Waals surface area contributed by atoms with Crippen LogP contribution in [0.2, 0.25) is 0 Å². The molecule has 1 aromatic carbocycles. The van der Waals surface area contributed by atoms with Crippen molar-refractivity contribution >= 4 is 23.2 Å². The van der Waals surface area contributed by atoms with Crippen molar-refractivity contribution in [2.24, 2.45) is 0 Å². The number of carbonyl (C=O) groups excluding carboxylic acids is 2. The second kappa shape index (κ2) is 4.44. The Morgan fingerprint density at radius 3 is 2.56 bits per heavy atom. The molecular formula is C14H16N2O2. The molecule has 1 fully saturated rings. The van der Waals surface area contributed by atoms with E-state index >= 15 is 0 Å². The summed E-state index contributed by atoms with van der Waals surface area (Å²) in [4.78, 5) is 25.3. The van der Waals surface area contributed by atoms with Crippen LogP contribution in [-0.2, 0) is 16.0 Å². The smallest absolute Gasteiger partial charge is 0.233 e. The van der Waals surface area contributed by atoms with Crippen molar-refractivity contribution in [2.75, 3.05) is 16.8 Å². The Balaban J connectivity index is 2.05. The molecule has 4 heteroatoms. The summed E-state index contributed by atoms with van der Waals surface area (Å²) in [5, 5.41) is 3.32. The van der Waals surface area contributed by atoms with Crippen molar-refractivity contribution in [3.63, 3.8) is 0 Å². The molecule has 1 aromatic rings. The van der Waals surface area contributed by atoms with Gasteiger partial charge in [-0.15, -0.1) is 0 Å². The van der Waals surface area contributed by atoms with Gasteiger partial charge in [-0.25, -0.2) is 0 Å². The molecule has 0 spiro atoms. The average Bonchev–Trinajstić information content (AvgIpc) is 2.39. The summed E-state index contributed by atoms with van der Waals surface area (Å²) in [5.74, 6) is -0.129. The number of benzene rings is 1. The predicted octanol–water partition coefficient (Wildman–Crippen LogP) is 2.09. The summed E-state index contributed by atoms with van der Waals surface area (Å²) in [6, 6.07) is 5.80. The third-order valence-electron chi connectivity index (χ3n) is 3.59. The molecule has 1 saturated heterocycles. The summed E-state index contributed by atoms with van der Waals surface area (Å²) >= 11 is 0. The van der Waals surface area contributed by atoms with Crippen LogP contribution >= 0.6 is 0 Å². The monoisotopic (exact) mass is 244 g/mol. The third kappa shape index (κ3) is 1.78. The molecule has 2 aliphatic heterocycles. The zero-order chi connectivity index (χ0) is 12.5. The van der Waals surface area contributed by atoms with Crippen molar-refractivity contribution in [3.05, 3.63) is 23.8 Å². The van der Waals surface area contributed by atoms with Crippen LogP contribution in [0.3, 0.4) is 0 Å². The molecule has 2 amide bonds. The number of piperidine rings is 1. The van der Waals surface area contributed by atoms with E-state index in [-0.39, 0.29) is 11.8 Å². The Kier molecular flexibility index (Phi) is 2.78. The van der Waals surface area contributed by atoms with Crippen molar-refractivity contribution in [1.82, 2.24) is 0 Å². The minimum Gasteiger partial charge on any atom is -0.385 e. The van der Waals surface area contributed by atoms with E-state index in [1.54, 1.807) is 0 Å². The van der Waals surface area contributed by atoms with E-state index in [0.717, 1.165) is 36.3 Å². The first-order valence-electron chi connectivity index (χ1n) is 6.49. The number of nitrogens with zero attached hydrogens (tertiary/aromatic N) is 1. The lowest BCUT2D eigenvalue weighted by Crippen LogP contribution is -2.41. The van der Waals surface area contributed by atoms with Gasteiger partial charge in [-0.05, 0) is 37.0 Å². The van der Waals surface area contributed by atoms with Crippen molar-refractivity contribution in [2.45, 2.75) is 32.1 Å². The molecule has 2 heterocycles. The molecule has 0 aromatic heterocycles. The zero-order valence-electron chi connectivity index (χ0n) is 10.2. The van der Waals surface area contributed by atoms with Crippen LogP contribution in [0.15, 0.2) is 18.2 Å². The number of carbonyl (C=O) groups is 2. The maximum atomic E-state index is 12.0. The van der Waals surface area contributed by atoms with E-state index in [4.69, 9.17) is 0 Å². The van der Waals surface area contributed by atoms with Gasteiger partial charge < -0.3 is 5.32 Å². The van der Waals surface area contributed by atoms with E-state index in [9.17, 15) is 9.59 Å². The molecular weight excluding hydrogens is 228 g/mol. The first-order valence-corrected chi connectivity index (χ1v) is 6.49. The van der Waals surface area contributed by atoms with Gasteiger partial charge in [0.1, 0.15) is 0 Å². The number of amides is 2. The molecule has 0 saturated carbocycles. The highest BCUT2D eigenvalue weighted by Gasteiger charge is 2.30. The van der Waals surface area contributed by atoms with Crippen LogP contribution in [0.5, 0.6) is 0 Å². The number of fused-ring (bicyclic) bond motifs is 1. The topological polar surface area (TPSA) is 49.4 Å². The SMILES string of the molecule is O=C1CCCC(=O)N1c1cccc2c1CCCN2. The number of anilines is 2. The first kappa shape index (κ1) is 11.3. The highest BCUT2D eigenvalue weighted by Crippen LogP contribution is 2.33. The Morgan fingerprint density at radius 1 is 1.00 bits per heavy atom. The lowest BCUT2D eigenvalue weighted by atomic mass is 9.99. The quantitative estimate of drug-likeness (QED) is 0.769. The molecule has 94 valence electrons. The van der Waals surface area contributed by atoms with Gasteiger partial charge in [-0.2, -0.15) is 0 Å². The molecule has 0 bridgehead atoms. The first-order chi connectivity index (χ1) is 8.77. The number of nitrogens with one attached hydrogen (secondary N) is 1. The zero-order valence-corrected chi connectivity index (χ0v) is 10.2. The van der Waals surface area contributed by atoms with Gasteiger partial charge in [0.05, 0.1) is 5.69 Å². The fourth-order valence-corrected chi connectivity index (χ4v) is 2.72. The summed E-state index contributed by atoms with van der Waals surface area (Å²) in [7, 11) is 0. The Hall–Kier alpha value is -1.84.